The molecule has 0 spiro atoms. The van der Waals surface area contributed by atoms with Crippen LogP contribution in [0, 0.1) is 12.3 Å². The van der Waals surface area contributed by atoms with Crippen molar-refractivity contribution >= 4 is 0 Å². The smallest absolute Gasteiger partial charge is 0.124 e. The van der Waals surface area contributed by atoms with Crippen molar-refractivity contribution in [3.05, 3.63) is 35.8 Å². The van der Waals surface area contributed by atoms with Crippen LogP contribution in [-0.2, 0) is 6.37 Å². The fourth-order valence-corrected chi connectivity index (χ4v) is 0.599. The lowest BCUT2D eigenvalue weighted by molar-refractivity contribution is 0.287. The number of hydrogen-bond acceptors (Lipinski definition) is 1. The molecule has 0 aromatic heterocycles. The van der Waals surface area contributed by atoms with Crippen molar-refractivity contribution in [3.8, 4) is 12.3 Å². The van der Waals surface area contributed by atoms with Gasteiger partial charge in [-0.25, -0.2) is 0 Å². The predicted molar refractivity (Wildman–Crippen MR) is 61.1 cm³/mol. The molecule has 0 saturated carbocycles. The first kappa shape index (κ1) is 1.99. The maximum absolute atomic E-state index is 8.47. The van der Waals surface area contributed by atoms with Crippen LogP contribution in [0.1, 0.15) is 35.7 Å². The molecule has 0 N–H and O–H groups in total. The molecule has 0 aliphatic rings. The molecule has 0 amide bonds. The highest BCUT2D eigenvalue weighted by Crippen LogP contribution is 2.06. The summed E-state index contributed by atoms with van der Waals surface area (Å²) in [6.45, 7) is -11.3. The number of hydrogen-bond donors (Lipinski definition) is 0. The molecule has 0 heterocycles. The van der Waals surface area contributed by atoms with E-state index < -0.39 is 73.4 Å². The minimum atomic E-state index is -4.09. The molecule has 1 atom stereocenters. The first-order chi connectivity index (χ1) is 13.6. The lowest BCUT2D eigenvalue weighted by atomic mass is 10.1. The highest BCUT2D eigenvalue weighted by molar-refractivity contribution is 5.15. The Bertz CT molecular complexity index is 888. The van der Waals surface area contributed by atoms with Crippen LogP contribution in [0.25, 0.3) is 0 Å². The van der Waals surface area contributed by atoms with Gasteiger partial charge in [-0.05, 0) is 25.8 Å². The van der Waals surface area contributed by atoms with Gasteiger partial charge in [-0.2, -0.15) is 0 Å². The molecule has 0 unspecified atom stereocenters. The molecule has 74 valence electrons. The second-order valence-electron chi connectivity index (χ2n) is 2.05. The summed E-state index contributed by atoms with van der Waals surface area (Å²) in [5.74, 6) is 1.47. The van der Waals surface area contributed by atoms with Gasteiger partial charge >= 0.3 is 0 Å². The second kappa shape index (κ2) is 5.47. The topological polar surface area (TPSA) is 3.24 Å². The molecule has 1 heteroatoms. The lowest BCUT2D eigenvalue weighted by Gasteiger charge is -2.22. The van der Waals surface area contributed by atoms with Crippen molar-refractivity contribution < 1.29 is 23.3 Å². The van der Waals surface area contributed by atoms with E-state index in [2.05, 4.69) is 0 Å². The van der Waals surface area contributed by atoms with Gasteiger partial charge in [-0.1, -0.05) is 36.1 Å². The van der Waals surface area contributed by atoms with E-state index in [-0.39, 0.29) is 0 Å². The van der Waals surface area contributed by atoms with E-state index >= 15 is 0 Å². The Morgan fingerprint density at radius 2 is 2.64 bits per heavy atom. The molecule has 0 fully saturated rings. The van der Waals surface area contributed by atoms with E-state index in [0.717, 1.165) is 0 Å². The van der Waals surface area contributed by atoms with E-state index in [1.807, 2.05) is 0 Å². The Morgan fingerprint density at radius 1 is 1.79 bits per heavy atom. The summed E-state index contributed by atoms with van der Waals surface area (Å²) in [6, 6.07) is -9.62. The number of nitrogens with zero attached hydrogens (tertiary/aromatic N) is 1. The fourth-order valence-electron chi connectivity index (χ4n) is 0.599. The Balaban J connectivity index is 4.24. The number of benzene rings is 1. The quantitative estimate of drug-likeness (QED) is 0.680. The highest BCUT2D eigenvalue weighted by atomic mass is 15.1. The fraction of sp³-hybridized carbons (Fsp3) is 0.385. The van der Waals surface area contributed by atoms with Gasteiger partial charge in [0.2, 0.25) is 0 Å². The molecule has 0 bridgehead atoms. The molecule has 1 rings (SSSR count). The zero-order valence-electron chi connectivity index (χ0n) is 23.9. The standard InChI is InChI=1S/C13H17N/c1-4-10-14(3)12(2)11-13-8-6-5-7-9-13/h1,5-9,12H,10-11H2,2-3H3/t12-/m0/s1/i1D,2D3,3D3,5D,6D,7D,8D,9D,10D2,11D2,12D. The second-order valence-corrected chi connectivity index (χ2v) is 2.05. The van der Waals surface area contributed by atoms with Crippen molar-refractivity contribution in [2.45, 2.75) is 19.2 Å². The van der Waals surface area contributed by atoms with E-state index in [1.165, 1.54) is 12.3 Å². The van der Waals surface area contributed by atoms with Crippen LogP contribution < -0.4 is 0 Å². The Labute approximate surface area is 111 Å². The SMILES string of the molecule is [2H]C#CC([2H])([2H])N(C([2H])([2H])[2H])[C@@]([2H])(C([2H])([2H])[2H])C([2H])([2H])c1c([2H])c([2H])c([2H])c([2H])c1[2H]. The van der Waals surface area contributed by atoms with Crippen molar-refractivity contribution in [1.29, 1.82) is 0 Å². The van der Waals surface area contributed by atoms with Crippen LogP contribution in [0.5, 0.6) is 0 Å². The summed E-state index contributed by atoms with van der Waals surface area (Å²) < 4.78 is 132. The van der Waals surface area contributed by atoms with Crippen LogP contribution in [0.4, 0.5) is 0 Å². The van der Waals surface area contributed by atoms with Crippen molar-refractivity contribution in [2.75, 3.05) is 13.5 Å². The van der Waals surface area contributed by atoms with Gasteiger partial charge in [-0.15, -0.1) is 6.40 Å². The Kier molecular flexibility index (Phi) is 0.775. The van der Waals surface area contributed by atoms with Crippen LogP contribution in [0.2, 0.25) is 0 Å². The Hall–Kier alpha value is -1.26. The number of likely N-dealkylation sites (N-methyl/N-ethyl adjacent to an activating group) is 1. The third kappa shape index (κ3) is 3.24. The average Bonchev–Trinajstić information content (AvgIpc) is 2.55. The van der Waals surface area contributed by atoms with Crippen LogP contribution >= 0.6 is 0 Å². The number of rotatable bonds is 4. The van der Waals surface area contributed by atoms with Gasteiger partial charge < -0.3 is 0 Å². The highest BCUT2D eigenvalue weighted by Gasteiger charge is 2.07. The summed E-state index contributed by atoms with van der Waals surface area (Å²) in [4.78, 5) is -0.678. The summed E-state index contributed by atoms with van der Waals surface area (Å²) in [7, 11) is 0. The first-order valence-corrected chi connectivity index (χ1v) is 3.42. The molecule has 0 radical (unpaired) electrons. The van der Waals surface area contributed by atoms with Crippen LogP contribution in [-0.4, -0.2) is 24.4 Å². The van der Waals surface area contributed by atoms with E-state index in [0.29, 0.717) is 0 Å². The molecule has 1 aromatic rings. The average molecular weight is 204 g/mol. The van der Waals surface area contributed by atoms with Gasteiger partial charge in [0.25, 0.3) is 0 Å². The minimum Gasteiger partial charge on any atom is -0.292 e. The molecule has 0 aliphatic carbocycles. The van der Waals surface area contributed by atoms with Crippen molar-refractivity contribution in [1.82, 2.24) is 4.90 Å². The third-order valence-electron chi connectivity index (χ3n) is 1.13. The zero-order valence-corrected chi connectivity index (χ0v) is 6.95. The van der Waals surface area contributed by atoms with Gasteiger partial charge in [0, 0.05) is 18.4 Å². The molecule has 1 nitrogen and oxygen atoms in total. The summed E-state index contributed by atoms with van der Waals surface area (Å²) in [5.41, 5.74) is -1.34. The Morgan fingerprint density at radius 3 is 3.29 bits per heavy atom. The molecular weight excluding hydrogens is 170 g/mol. The largest absolute Gasteiger partial charge is 0.292 e. The predicted octanol–water partition coefficient (Wildman–Crippen LogP) is 2.18. The lowest BCUT2D eigenvalue weighted by Crippen LogP contribution is -2.31. The van der Waals surface area contributed by atoms with Crippen LogP contribution in [0.15, 0.2) is 30.2 Å². The zero-order chi connectivity index (χ0) is 25.0. The molecule has 0 aliphatic heterocycles. The molecule has 1 aromatic carbocycles. The molecule has 0 saturated heterocycles. The normalized spacial score (nSPS) is 35.6. The minimum absolute atomic E-state index is 0.678. The van der Waals surface area contributed by atoms with Crippen molar-refractivity contribution in [3.63, 3.8) is 0 Å². The van der Waals surface area contributed by atoms with Gasteiger partial charge in [0.1, 0.15) is 1.37 Å². The maximum Gasteiger partial charge on any atom is 0.124 e. The van der Waals surface area contributed by atoms with Gasteiger partial charge in [0.05, 0.1) is 16.1 Å². The van der Waals surface area contributed by atoms with E-state index in [9.17, 15) is 0 Å². The summed E-state index contributed by atoms with van der Waals surface area (Å²) in [5, 5.41) is 0. The van der Waals surface area contributed by atoms with Gasteiger partial charge in [0.15, 0.2) is 0 Å². The summed E-state index contributed by atoms with van der Waals surface area (Å²) >= 11 is 0. The van der Waals surface area contributed by atoms with E-state index in [1.54, 1.807) is 0 Å². The first-order valence-electron chi connectivity index (χ1n) is 11.9. The maximum atomic E-state index is 8.47. The monoisotopic (exact) mass is 204 g/mol. The molecular formula is C13H17N. The number of terminal acetylenes is 1. The summed E-state index contributed by atoms with van der Waals surface area (Å²) in [6.07, 6.45) is -2.57. The molecule has 14 heavy (non-hydrogen) atoms. The van der Waals surface area contributed by atoms with E-state index in [4.69, 9.17) is 23.3 Å². The van der Waals surface area contributed by atoms with Crippen LogP contribution in [0.3, 0.4) is 0 Å². The van der Waals surface area contributed by atoms with Crippen molar-refractivity contribution in [2.24, 2.45) is 0 Å². The third-order valence-corrected chi connectivity index (χ3v) is 1.13. The van der Waals surface area contributed by atoms with Gasteiger partial charge in [-0.3, -0.25) is 4.90 Å².